The number of nitrogens with one attached hydrogen (secondary N) is 1. The van der Waals surface area contributed by atoms with E-state index >= 15 is 0 Å². The molecular formula is C11H17ClN2O2S. The average molecular weight is 277 g/mol. The Balaban J connectivity index is 2.74. The Hall–Kier alpha value is -0.810. The SMILES string of the molecule is CCS(=O)(=O)CC(C)Nc1cc(C)cnc1Cl. The van der Waals surface area contributed by atoms with Crippen LogP contribution < -0.4 is 5.32 Å². The Bertz CT molecular complexity index is 488. The summed E-state index contributed by atoms with van der Waals surface area (Å²) in [4.78, 5) is 4.00. The maximum atomic E-state index is 11.5. The van der Waals surface area contributed by atoms with Gasteiger partial charge in [-0.2, -0.15) is 0 Å². The quantitative estimate of drug-likeness (QED) is 0.838. The largest absolute Gasteiger partial charge is 0.379 e. The third-order valence-corrected chi connectivity index (χ3v) is 4.51. The van der Waals surface area contributed by atoms with E-state index in [1.54, 1.807) is 13.1 Å². The average Bonchev–Trinajstić information content (AvgIpc) is 2.23. The lowest BCUT2D eigenvalue weighted by Crippen LogP contribution is -2.26. The number of hydrogen-bond donors (Lipinski definition) is 1. The van der Waals surface area contributed by atoms with Crippen LogP contribution in [0.4, 0.5) is 5.69 Å². The summed E-state index contributed by atoms with van der Waals surface area (Å²) in [6, 6.07) is 1.66. The zero-order chi connectivity index (χ0) is 13.1. The van der Waals surface area contributed by atoms with E-state index in [2.05, 4.69) is 10.3 Å². The summed E-state index contributed by atoms with van der Waals surface area (Å²) in [7, 11) is -2.99. The van der Waals surface area contributed by atoms with Gasteiger partial charge in [0.25, 0.3) is 0 Å². The van der Waals surface area contributed by atoms with Crippen LogP contribution in [0.15, 0.2) is 12.3 Å². The molecular weight excluding hydrogens is 260 g/mol. The lowest BCUT2D eigenvalue weighted by atomic mass is 10.3. The summed E-state index contributed by atoms with van der Waals surface area (Å²) >= 11 is 5.92. The van der Waals surface area contributed by atoms with Crippen molar-refractivity contribution in [1.82, 2.24) is 4.98 Å². The van der Waals surface area contributed by atoms with Crippen LogP contribution in [0.3, 0.4) is 0 Å². The van der Waals surface area contributed by atoms with Gasteiger partial charge in [0.05, 0.1) is 11.4 Å². The molecule has 1 atom stereocenters. The van der Waals surface area contributed by atoms with Gasteiger partial charge >= 0.3 is 0 Å². The molecule has 6 heteroatoms. The molecule has 96 valence electrons. The third kappa shape index (κ3) is 4.52. The highest BCUT2D eigenvalue weighted by atomic mass is 35.5. The minimum Gasteiger partial charge on any atom is -0.379 e. The molecule has 0 radical (unpaired) electrons. The molecule has 1 aromatic heterocycles. The van der Waals surface area contributed by atoms with Crippen LogP contribution in [0.1, 0.15) is 19.4 Å². The van der Waals surface area contributed by atoms with Crippen molar-refractivity contribution in [3.05, 3.63) is 23.0 Å². The Morgan fingerprint density at radius 1 is 1.53 bits per heavy atom. The first-order valence-electron chi connectivity index (χ1n) is 5.43. The van der Waals surface area contributed by atoms with Gasteiger partial charge in [-0.3, -0.25) is 0 Å². The minimum atomic E-state index is -2.99. The molecule has 0 spiro atoms. The zero-order valence-corrected chi connectivity index (χ0v) is 11.8. The van der Waals surface area contributed by atoms with Gasteiger partial charge in [-0.05, 0) is 25.5 Å². The topological polar surface area (TPSA) is 59.1 Å². The van der Waals surface area contributed by atoms with E-state index in [1.165, 1.54) is 0 Å². The second-order valence-corrected chi connectivity index (χ2v) is 6.85. The Morgan fingerprint density at radius 2 is 2.18 bits per heavy atom. The lowest BCUT2D eigenvalue weighted by molar-refractivity contribution is 0.593. The molecule has 0 aliphatic heterocycles. The molecule has 1 N–H and O–H groups in total. The van der Waals surface area contributed by atoms with Gasteiger partial charge in [-0.25, -0.2) is 13.4 Å². The molecule has 1 aromatic rings. The first kappa shape index (κ1) is 14.3. The molecule has 0 saturated carbocycles. The second-order valence-electron chi connectivity index (χ2n) is 4.10. The molecule has 1 heterocycles. The number of halogens is 1. The number of nitrogens with zero attached hydrogens (tertiary/aromatic N) is 1. The van der Waals surface area contributed by atoms with Gasteiger partial charge in [0.2, 0.25) is 0 Å². The molecule has 1 rings (SSSR count). The molecule has 0 aliphatic rings. The van der Waals surface area contributed by atoms with Crippen molar-refractivity contribution in [3.8, 4) is 0 Å². The van der Waals surface area contributed by atoms with Gasteiger partial charge in [-0.1, -0.05) is 18.5 Å². The number of sulfone groups is 1. The van der Waals surface area contributed by atoms with Gasteiger partial charge in [-0.15, -0.1) is 0 Å². The Kier molecular flexibility index (Phi) is 4.77. The maximum absolute atomic E-state index is 11.5. The molecule has 0 aliphatic carbocycles. The third-order valence-electron chi connectivity index (χ3n) is 2.32. The highest BCUT2D eigenvalue weighted by molar-refractivity contribution is 7.91. The van der Waals surface area contributed by atoms with E-state index in [4.69, 9.17) is 11.6 Å². The Labute approximate surface area is 107 Å². The number of rotatable bonds is 5. The van der Waals surface area contributed by atoms with Gasteiger partial charge < -0.3 is 5.32 Å². The van der Waals surface area contributed by atoms with Crippen molar-refractivity contribution >= 4 is 27.1 Å². The number of anilines is 1. The van der Waals surface area contributed by atoms with Crippen molar-refractivity contribution in [2.75, 3.05) is 16.8 Å². The van der Waals surface area contributed by atoms with Crippen LogP contribution in [0.25, 0.3) is 0 Å². The summed E-state index contributed by atoms with van der Waals surface area (Å²) in [5.41, 5.74) is 1.65. The van der Waals surface area contributed by atoms with E-state index in [0.717, 1.165) is 5.56 Å². The summed E-state index contributed by atoms with van der Waals surface area (Å²) in [5.74, 6) is 0.243. The van der Waals surface area contributed by atoms with Crippen molar-refractivity contribution < 1.29 is 8.42 Å². The van der Waals surface area contributed by atoms with Crippen molar-refractivity contribution in [1.29, 1.82) is 0 Å². The smallest absolute Gasteiger partial charge is 0.152 e. The molecule has 0 saturated heterocycles. The fraction of sp³-hybridized carbons (Fsp3) is 0.545. The minimum absolute atomic E-state index is 0.0910. The first-order valence-corrected chi connectivity index (χ1v) is 7.63. The van der Waals surface area contributed by atoms with Crippen LogP contribution in [-0.2, 0) is 9.84 Å². The normalized spacial score (nSPS) is 13.4. The van der Waals surface area contributed by atoms with Crippen LogP contribution in [0, 0.1) is 6.92 Å². The zero-order valence-electron chi connectivity index (χ0n) is 10.2. The highest BCUT2D eigenvalue weighted by Gasteiger charge is 2.14. The number of pyridine rings is 1. The van der Waals surface area contributed by atoms with Gasteiger partial charge in [0.15, 0.2) is 15.0 Å². The lowest BCUT2D eigenvalue weighted by Gasteiger charge is -2.16. The van der Waals surface area contributed by atoms with Crippen molar-refractivity contribution in [3.63, 3.8) is 0 Å². The molecule has 1 unspecified atom stereocenters. The van der Waals surface area contributed by atoms with Crippen LogP contribution in [-0.4, -0.2) is 30.9 Å². The van der Waals surface area contributed by atoms with E-state index in [1.807, 2.05) is 19.9 Å². The molecule has 0 amide bonds. The van der Waals surface area contributed by atoms with E-state index in [0.29, 0.717) is 10.8 Å². The van der Waals surface area contributed by atoms with Crippen LogP contribution in [0.5, 0.6) is 0 Å². The second kappa shape index (κ2) is 5.69. The van der Waals surface area contributed by atoms with Crippen LogP contribution >= 0.6 is 11.6 Å². The monoisotopic (exact) mass is 276 g/mol. The number of aromatic nitrogens is 1. The van der Waals surface area contributed by atoms with E-state index < -0.39 is 9.84 Å². The van der Waals surface area contributed by atoms with Crippen molar-refractivity contribution in [2.45, 2.75) is 26.8 Å². The molecule has 0 aromatic carbocycles. The Morgan fingerprint density at radius 3 is 2.76 bits per heavy atom. The van der Waals surface area contributed by atoms with E-state index in [-0.39, 0.29) is 17.5 Å². The molecule has 0 bridgehead atoms. The van der Waals surface area contributed by atoms with Gasteiger partial charge in [0, 0.05) is 18.0 Å². The summed E-state index contributed by atoms with van der Waals surface area (Å²) in [5, 5.41) is 3.43. The summed E-state index contributed by atoms with van der Waals surface area (Å²) in [6.45, 7) is 5.36. The standard InChI is InChI=1S/C11H17ClN2O2S/c1-4-17(15,16)7-9(3)14-10-5-8(2)6-13-11(10)12/h5-6,9,14H,4,7H2,1-3H3. The number of hydrogen-bond acceptors (Lipinski definition) is 4. The highest BCUT2D eigenvalue weighted by Crippen LogP contribution is 2.20. The van der Waals surface area contributed by atoms with Crippen molar-refractivity contribution in [2.24, 2.45) is 0 Å². The van der Waals surface area contributed by atoms with Gasteiger partial charge in [0.1, 0.15) is 0 Å². The fourth-order valence-electron chi connectivity index (χ4n) is 1.46. The summed E-state index contributed by atoms with van der Waals surface area (Å²) in [6.07, 6.45) is 1.67. The molecule has 17 heavy (non-hydrogen) atoms. The fourth-order valence-corrected chi connectivity index (χ4v) is 2.70. The molecule has 0 fully saturated rings. The maximum Gasteiger partial charge on any atom is 0.152 e. The number of aryl methyl sites for hydroxylation is 1. The van der Waals surface area contributed by atoms with Crippen LogP contribution in [0.2, 0.25) is 5.15 Å². The van der Waals surface area contributed by atoms with E-state index in [9.17, 15) is 8.42 Å². The predicted octanol–water partition coefficient (Wildman–Crippen LogP) is 2.28. The molecule has 4 nitrogen and oxygen atoms in total. The first-order chi connectivity index (χ1) is 7.84. The predicted molar refractivity (Wildman–Crippen MR) is 71.4 cm³/mol. The summed E-state index contributed by atoms with van der Waals surface area (Å²) < 4.78 is 22.9.